The lowest BCUT2D eigenvalue weighted by Gasteiger charge is -2.61. The summed E-state index contributed by atoms with van der Waals surface area (Å²) in [6.45, 7) is 3.07. The van der Waals surface area contributed by atoms with Gasteiger partial charge in [-0.3, -0.25) is 9.59 Å². The van der Waals surface area contributed by atoms with E-state index in [0.29, 0.717) is 19.6 Å². The van der Waals surface area contributed by atoms with Gasteiger partial charge in [-0.25, -0.2) is 0 Å². The zero-order valence-electron chi connectivity index (χ0n) is 10.5. The number of fused-ring (bicyclic) bond motifs is 1. The molecule has 98 valence electrons. The summed E-state index contributed by atoms with van der Waals surface area (Å²) < 4.78 is 11.9. The minimum atomic E-state index is -0.929. The van der Waals surface area contributed by atoms with Gasteiger partial charge >= 0.3 is 0 Å². The first-order valence-electron chi connectivity index (χ1n) is 6.70. The Morgan fingerprint density at radius 3 is 3.11 bits per heavy atom. The molecule has 5 heteroatoms. The summed E-state index contributed by atoms with van der Waals surface area (Å²) >= 11 is 0. The van der Waals surface area contributed by atoms with Crippen molar-refractivity contribution in [3.8, 4) is 0 Å². The molecule has 5 aliphatic rings. The zero-order chi connectivity index (χ0) is 12.5. The molecule has 4 atom stereocenters. The summed E-state index contributed by atoms with van der Waals surface area (Å²) in [4.78, 5) is 26.4. The van der Waals surface area contributed by atoms with Gasteiger partial charge in [0.15, 0.2) is 5.72 Å². The Balaban J connectivity index is 1.86. The number of hydrogen-bond acceptors (Lipinski definition) is 4. The number of ketones is 1. The molecule has 0 N–H and O–H groups in total. The highest BCUT2D eigenvalue weighted by Crippen LogP contribution is 2.57. The summed E-state index contributed by atoms with van der Waals surface area (Å²) in [7, 11) is 0. The zero-order valence-corrected chi connectivity index (χ0v) is 10.5. The van der Waals surface area contributed by atoms with Crippen LogP contribution in [0.1, 0.15) is 26.2 Å². The van der Waals surface area contributed by atoms with E-state index >= 15 is 0 Å². The number of carbonyl (C=O) groups excluding carboxylic acids is 2. The number of piperidine rings is 2. The Bertz CT molecular complexity index is 450. The molecule has 0 aromatic carbocycles. The Morgan fingerprint density at radius 1 is 1.50 bits per heavy atom. The standard InChI is InChI=1S/C13H17NO4/c1-8(15)12-5-9-6-17-10-3-2-4-14(11(12)16)13(9,10)18-7-12/h9-10H,2-7H2,1H3/t9-,10+,12+,13-/m1/s1. The molecule has 5 rings (SSSR count). The van der Waals surface area contributed by atoms with Crippen molar-refractivity contribution in [1.82, 2.24) is 4.90 Å². The molecule has 18 heavy (non-hydrogen) atoms. The molecule has 5 nitrogen and oxygen atoms in total. The second-order valence-corrected chi connectivity index (χ2v) is 6.00. The molecule has 0 aromatic heterocycles. The molecular formula is C13H17NO4. The van der Waals surface area contributed by atoms with E-state index in [4.69, 9.17) is 9.47 Å². The van der Waals surface area contributed by atoms with Crippen LogP contribution in [0.2, 0.25) is 0 Å². The molecule has 0 aromatic rings. The van der Waals surface area contributed by atoms with E-state index in [2.05, 4.69) is 0 Å². The minimum absolute atomic E-state index is 0.00505. The van der Waals surface area contributed by atoms with Crippen molar-refractivity contribution in [3.05, 3.63) is 0 Å². The number of rotatable bonds is 1. The van der Waals surface area contributed by atoms with Gasteiger partial charge in [0.25, 0.3) is 0 Å². The number of hydrogen-bond donors (Lipinski definition) is 0. The highest BCUT2D eigenvalue weighted by Gasteiger charge is 2.72. The predicted molar refractivity (Wildman–Crippen MR) is 60.6 cm³/mol. The monoisotopic (exact) mass is 251 g/mol. The quantitative estimate of drug-likeness (QED) is 0.630. The Labute approximate surface area is 105 Å². The lowest BCUT2D eigenvalue weighted by Crippen LogP contribution is -2.77. The van der Waals surface area contributed by atoms with Crippen LogP contribution < -0.4 is 0 Å². The number of ether oxygens (including phenoxy) is 2. The van der Waals surface area contributed by atoms with Crippen molar-refractivity contribution < 1.29 is 19.1 Å². The first-order valence-corrected chi connectivity index (χ1v) is 6.70. The molecule has 1 spiro atoms. The molecule has 0 radical (unpaired) electrons. The summed E-state index contributed by atoms with van der Waals surface area (Å²) in [5, 5.41) is 0. The average Bonchev–Trinajstić information content (AvgIpc) is 2.74. The molecule has 5 fully saturated rings. The number of carbonyl (C=O) groups is 2. The van der Waals surface area contributed by atoms with E-state index in [1.165, 1.54) is 6.92 Å². The molecular weight excluding hydrogens is 234 g/mol. The van der Waals surface area contributed by atoms with Crippen molar-refractivity contribution in [2.45, 2.75) is 38.0 Å². The normalized spacial score (nSPS) is 49.4. The van der Waals surface area contributed by atoms with Gasteiger partial charge in [-0.15, -0.1) is 0 Å². The van der Waals surface area contributed by atoms with Crippen LogP contribution in [-0.4, -0.2) is 48.2 Å². The molecule has 1 amide bonds. The molecule has 5 aliphatic heterocycles. The molecule has 5 heterocycles. The maximum atomic E-state index is 12.7. The average molecular weight is 251 g/mol. The second kappa shape index (κ2) is 3.14. The Morgan fingerprint density at radius 2 is 2.33 bits per heavy atom. The lowest BCUT2D eigenvalue weighted by molar-refractivity contribution is -0.284. The van der Waals surface area contributed by atoms with Crippen molar-refractivity contribution in [3.63, 3.8) is 0 Å². The van der Waals surface area contributed by atoms with Crippen molar-refractivity contribution >= 4 is 11.7 Å². The first kappa shape index (κ1) is 10.9. The largest absolute Gasteiger partial charge is 0.373 e. The van der Waals surface area contributed by atoms with E-state index in [9.17, 15) is 9.59 Å². The van der Waals surface area contributed by atoms with Gasteiger partial charge in [0.2, 0.25) is 5.91 Å². The van der Waals surface area contributed by atoms with Crippen molar-refractivity contribution in [2.75, 3.05) is 19.8 Å². The molecule has 0 saturated carbocycles. The SMILES string of the molecule is CC(=O)[C@]12CO[C@]34[C@@H](CO[C@H]3CCCN4C1=O)C2. The van der Waals surface area contributed by atoms with Gasteiger partial charge in [-0.05, 0) is 26.2 Å². The van der Waals surface area contributed by atoms with Crippen molar-refractivity contribution in [2.24, 2.45) is 11.3 Å². The topological polar surface area (TPSA) is 55.8 Å². The third-order valence-electron chi connectivity index (χ3n) is 5.29. The minimum Gasteiger partial charge on any atom is -0.373 e. The Hall–Kier alpha value is -0.940. The first-order chi connectivity index (χ1) is 8.61. The molecule has 0 unspecified atom stereocenters. The van der Waals surface area contributed by atoms with Crippen LogP contribution in [0.5, 0.6) is 0 Å². The summed E-state index contributed by atoms with van der Waals surface area (Å²) in [5.74, 6) is 0.0840. The third kappa shape index (κ3) is 0.947. The maximum Gasteiger partial charge on any atom is 0.240 e. The summed E-state index contributed by atoms with van der Waals surface area (Å²) in [6, 6.07) is 0. The molecule has 0 aliphatic carbocycles. The van der Waals surface area contributed by atoms with Crippen LogP contribution in [-0.2, 0) is 19.1 Å². The van der Waals surface area contributed by atoms with Gasteiger partial charge in [-0.2, -0.15) is 0 Å². The number of amides is 1. The van der Waals surface area contributed by atoms with Crippen molar-refractivity contribution in [1.29, 1.82) is 0 Å². The fourth-order valence-corrected chi connectivity index (χ4v) is 4.30. The van der Waals surface area contributed by atoms with Crippen LogP contribution in [0.4, 0.5) is 0 Å². The summed E-state index contributed by atoms with van der Waals surface area (Å²) in [5.41, 5.74) is -1.48. The van der Waals surface area contributed by atoms with E-state index in [1.807, 2.05) is 4.90 Å². The maximum absolute atomic E-state index is 12.7. The third-order valence-corrected chi connectivity index (χ3v) is 5.29. The molecule has 2 bridgehead atoms. The summed E-state index contributed by atoms with van der Waals surface area (Å²) in [6.07, 6.45) is 2.49. The van der Waals surface area contributed by atoms with E-state index in [1.54, 1.807) is 0 Å². The predicted octanol–water partition coefficient (Wildman–Crippen LogP) is 0.329. The van der Waals surface area contributed by atoms with Gasteiger partial charge in [0.1, 0.15) is 17.3 Å². The molecule has 5 saturated heterocycles. The van der Waals surface area contributed by atoms with Gasteiger partial charge < -0.3 is 14.4 Å². The van der Waals surface area contributed by atoms with Crippen LogP contribution in [0.15, 0.2) is 0 Å². The van der Waals surface area contributed by atoms with Crippen LogP contribution in [0.3, 0.4) is 0 Å². The highest BCUT2D eigenvalue weighted by atomic mass is 16.6. The number of Topliss-reactive ketones (excluding diaryl/α,β-unsaturated/α-hetero) is 1. The van der Waals surface area contributed by atoms with E-state index in [-0.39, 0.29) is 30.3 Å². The van der Waals surface area contributed by atoms with Gasteiger partial charge in [0.05, 0.1) is 13.2 Å². The lowest BCUT2D eigenvalue weighted by atomic mass is 9.64. The number of nitrogens with zero attached hydrogens (tertiary/aromatic N) is 1. The van der Waals surface area contributed by atoms with Gasteiger partial charge in [0, 0.05) is 12.5 Å². The second-order valence-electron chi connectivity index (χ2n) is 6.00. The highest BCUT2D eigenvalue weighted by molar-refractivity contribution is 6.06. The fraction of sp³-hybridized carbons (Fsp3) is 0.846. The van der Waals surface area contributed by atoms with Crippen LogP contribution >= 0.6 is 0 Å². The van der Waals surface area contributed by atoms with Gasteiger partial charge in [-0.1, -0.05) is 0 Å². The fourth-order valence-electron chi connectivity index (χ4n) is 4.30. The van der Waals surface area contributed by atoms with E-state index in [0.717, 1.165) is 12.8 Å². The van der Waals surface area contributed by atoms with E-state index < -0.39 is 11.1 Å². The van der Waals surface area contributed by atoms with Crippen LogP contribution in [0.25, 0.3) is 0 Å². The Kier molecular flexibility index (Phi) is 1.91. The smallest absolute Gasteiger partial charge is 0.240 e. The van der Waals surface area contributed by atoms with Crippen LogP contribution in [0, 0.1) is 11.3 Å².